The van der Waals surface area contributed by atoms with Gasteiger partial charge in [0, 0.05) is 13.1 Å². The first-order valence-electron chi connectivity index (χ1n) is 7.29. The van der Waals surface area contributed by atoms with Gasteiger partial charge >= 0.3 is 0 Å². The van der Waals surface area contributed by atoms with Gasteiger partial charge in [0.15, 0.2) is 11.5 Å². The van der Waals surface area contributed by atoms with E-state index in [-0.39, 0.29) is 5.91 Å². The van der Waals surface area contributed by atoms with E-state index < -0.39 is 0 Å². The van der Waals surface area contributed by atoms with Crippen molar-refractivity contribution in [3.63, 3.8) is 0 Å². The highest BCUT2D eigenvalue weighted by molar-refractivity contribution is 5.78. The van der Waals surface area contributed by atoms with E-state index in [4.69, 9.17) is 9.47 Å². The minimum atomic E-state index is 0.180. The first kappa shape index (κ1) is 15.6. The van der Waals surface area contributed by atoms with Crippen LogP contribution in [0.3, 0.4) is 0 Å². The lowest BCUT2D eigenvalue weighted by atomic mass is 9.98. The Hall–Kier alpha value is -1.75. The summed E-state index contributed by atoms with van der Waals surface area (Å²) in [6, 6.07) is 4.01. The third-order valence-corrected chi connectivity index (χ3v) is 4.02. The zero-order chi connectivity index (χ0) is 15.4. The van der Waals surface area contributed by atoms with Crippen molar-refractivity contribution in [2.45, 2.75) is 19.9 Å². The smallest absolute Gasteiger partial charge is 0.237 e. The Morgan fingerprint density at radius 2 is 1.86 bits per heavy atom. The van der Waals surface area contributed by atoms with Crippen LogP contribution in [-0.2, 0) is 17.8 Å². The molecular weight excluding hydrogens is 268 g/mol. The Kier molecular flexibility index (Phi) is 5.07. The molecule has 0 radical (unpaired) electrons. The zero-order valence-electron chi connectivity index (χ0n) is 13.3. The summed E-state index contributed by atoms with van der Waals surface area (Å²) in [5, 5.41) is 0. The molecule has 1 heterocycles. The summed E-state index contributed by atoms with van der Waals surface area (Å²) in [4.78, 5) is 16.2. The first-order valence-corrected chi connectivity index (χ1v) is 7.29. The van der Waals surface area contributed by atoms with Crippen molar-refractivity contribution in [1.82, 2.24) is 9.80 Å². The van der Waals surface area contributed by atoms with Crippen LogP contribution in [0.1, 0.15) is 18.1 Å². The number of ether oxygens (including phenoxy) is 2. The molecule has 21 heavy (non-hydrogen) atoms. The van der Waals surface area contributed by atoms with Gasteiger partial charge in [-0.15, -0.1) is 0 Å². The standard InChI is InChI=1S/C16H24N2O3/c1-5-17(2)11-16(19)18-7-6-12-8-14(20-3)15(21-4)9-13(12)10-18/h8-9H,5-7,10-11H2,1-4H3. The van der Waals surface area contributed by atoms with Gasteiger partial charge in [-0.1, -0.05) is 6.92 Å². The summed E-state index contributed by atoms with van der Waals surface area (Å²) in [6.07, 6.45) is 0.858. The van der Waals surface area contributed by atoms with E-state index >= 15 is 0 Å². The van der Waals surface area contributed by atoms with E-state index in [1.54, 1.807) is 14.2 Å². The summed E-state index contributed by atoms with van der Waals surface area (Å²) >= 11 is 0. The minimum absolute atomic E-state index is 0.180. The van der Waals surface area contributed by atoms with E-state index in [1.807, 2.05) is 29.0 Å². The summed E-state index contributed by atoms with van der Waals surface area (Å²) in [7, 11) is 5.24. The van der Waals surface area contributed by atoms with Gasteiger partial charge in [0.2, 0.25) is 5.91 Å². The van der Waals surface area contributed by atoms with Crippen LogP contribution in [0.2, 0.25) is 0 Å². The molecule has 0 fully saturated rings. The highest BCUT2D eigenvalue weighted by atomic mass is 16.5. The van der Waals surface area contributed by atoms with Crippen LogP contribution >= 0.6 is 0 Å². The molecule has 1 amide bonds. The zero-order valence-corrected chi connectivity index (χ0v) is 13.3. The fraction of sp³-hybridized carbons (Fsp3) is 0.562. The van der Waals surface area contributed by atoms with Crippen molar-refractivity contribution in [1.29, 1.82) is 0 Å². The maximum Gasteiger partial charge on any atom is 0.237 e. The highest BCUT2D eigenvalue weighted by Gasteiger charge is 2.23. The quantitative estimate of drug-likeness (QED) is 0.825. The predicted molar refractivity (Wildman–Crippen MR) is 81.8 cm³/mol. The Morgan fingerprint density at radius 1 is 1.24 bits per heavy atom. The normalized spacial score (nSPS) is 14.0. The van der Waals surface area contributed by atoms with Crippen LogP contribution in [0.5, 0.6) is 11.5 Å². The minimum Gasteiger partial charge on any atom is -0.493 e. The molecule has 0 bridgehead atoms. The van der Waals surface area contributed by atoms with Crippen molar-refractivity contribution < 1.29 is 14.3 Å². The number of methoxy groups -OCH3 is 2. The highest BCUT2D eigenvalue weighted by Crippen LogP contribution is 2.33. The summed E-state index contributed by atoms with van der Waals surface area (Å²) in [5.41, 5.74) is 2.38. The average molecular weight is 292 g/mol. The van der Waals surface area contributed by atoms with Gasteiger partial charge in [0.05, 0.1) is 20.8 Å². The van der Waals surface area contributed by atoms with Gasteiger partial charge in [-0.25, -0.2) is 0 Å². The fourth-order valence-electron chi connectivity index (χ4n) is 2.54. The maximum atomic E-state index is 12.3. The number of likely N-dealkylation sites (N-methyl/N-ethyl adjacent to an activating group) is 1. The summed E-state index contributed by atoms with van der Waals surface area (Å²) in [5.74, 6) is 1.65. The van der Waals surface area contributed by atoms with Gasteiger partial charge < -0.3 is 14.4 Å². The SMILES string of the molecule is CCN(C)CC(=O)N1CCc2cc(OC)c(OC)cc2C1. The fourth-order valence-corrected chi connectivity index (χ4v) is 2.54. The number of benzene rings is 1. The van der Waals surface area contributed by atoms with Gasteiger partial charge in [-0.3, -0.25) is 9.69 Å². The molecule has 0 atom stereocenters. The molecule has 2 rings (SSSR count). The Labute approximate surface area is 126 Å². The number of fused-ring (bicyclic) bond motifs is 1. The van der Waals surface area contributed by atoms with Crippen molar-refractivity contribution in [3.05, 3.63) is 23.3 Å². The molecule has 0 saturated carbocycles. The molecule has 0 aromatic heterocycles. The summed E-state index contributed by atoms with van der Waals surface area (Å²) < 4.78 is 10.7. The second-order valence-corrected chi connectivity index (χ2v) is 5.37. The monoisotopic (exact) mass is 292 g/mol. The molecule has 5 nitrogen and oxygen atoms in total. The first-order chi connectivity index (χ1) is 10.1. The van der Waals surface area contributed by atoms with Crippen LogP contribution in [0.15, 0.2) is 12.1 Å². The number of amides is 1. The van der Waals surface area contributed by atoms with Gasteiger partial charge in [0.25, 0.3) is 0 Å². The van der Waals surface area contributed by atoms with Crippen LogP contribution < -0.4 is 9.47 Å². The third-order valence-electron chi connectivity index (χ3n) is 4.02. The number of nitrogens with zero attached hydrogens (tertiary/aromatic N) is 2. The Morgan fingerprint density at radius 3 is 2.43 bits per heavy atom. The van der Waals surface area contributed by atoms with E-state index in [1.165, 1.54) is 5.56 Å². The van der Waals surface area contributed by atoms with Crippen molar-refractivity contribution in [3.8, 4) is 11.5 Å². The van der Waals surface area contributed by atoms with Gasteiger partial charge in [-0.05, 0) is 43.3 Å². The summed E-state index contributed by atoms with van der Waals surface area (Å²) in [6.45, 7) is 4.81. The van der Waals surface area contributed by atoms with Crippen molar-refractivity contribution in [2.75, 3.05) is 40.9 Å². The second kappa shape index (κ2) is 6.80. The molecule has 0 saturated heterocycles. The molecule has 1 aliphatic heterocycles. The average Bonchev–Trinajstić information content (AvgIpc) is 2.52. The number of rotatable bonds is 5. The van der Waals surface area contributed by atoms with Crippen LogP contribution in [0.25, 0.3) is 0 Å². The maximum absolute atomic E-state index is 12.3. The lowest BCUT2D eigenvalue weighted by Gasteiger charge is -2.30. The Bertz CT molecular complexity index is 516. The lowest BCUT2D eigenvalue weighted by Crippen LogP contribution is -2.41. The molecule has 1 aromatic rings. The number of hydrogen-bond acceptors (Lipinski definition) is 4. The van der Waals surface area contributed by atoms with Gasteiger partial charge in [0.1, 0.15) is 0 Å². The van der Waals surface area contributed by atoms with Crippen molar-refractivity contribution >= 4 is 5.91 Å². The van der Waals surface area contributed by atoms with E-state index in [0.717, 1.165) is 36.6 Å². The molecule has 1 aromatic carbocycles. The second-order valence-electron chi connectivity index (χ2n) is 5.37. The lowest BCUT2D eigenvalue weighted by molar-refractivity contribution is -0.133. The van der Waals surface area contributed by atoms with E-state index in [0.29, 0.717) is 13.1 Å². The van der Waals surface area contributed by atoms with E-state index in [9.17, 15) is 4.79 Å². The predicted octanol–water partition coefficient (Wildman–Crippen LogP) is 1.54. The number of carbonyl (C=O) groups excluding carboxylic acids is 1. The molecular formula is C16H24N2O3. The van der Waals surface area contributed by atoms with Crippen LogP contribution in [0, 0.1) is 0 Å². The molecule has 0 N–H and O–H groups in total. The number of carbonyl (C=O) groups is 1. The van der Waals surface area contributed by atoms with E-state index in [2.05, 4.69) is 6.92 Å². The van der Waals surface area contributed by atoms with Crippen LogP contribution in [0.4, 0.5) is 0 Å². The molecule has 1 aliphatic rings. The molecule has 116 valence electrons. The molecule has 0 unspecified atom stereocenters. The molecule has 0 spiro atoms. The topological polar surface area (TPSA) is 42.0 Å². The third kappa shape index (κ3) is 3.47. The molecule has 0 aliphatic carbocycles. The Balaban J connectivity index is 2.14. The van der Waals surface area contributed by atoms with Gasteiger partial charge in [-0.2, -0.15) is 0 Å². The largest absolute Gasteiger partial charge is 0.493 e. The van der Waals surface area contributed by atoms with Crippen LogP contribution in [-0.4, -0.2) is 56.6 Å². The number of hydrogen-bond donors (Lipinski definition) is 0. The molecule has 5 heteroatoms. The van der Waals surface area contributed by atoms with Crippen molar-refractivity contribution in [2.24, 2.45) is 0 Å².